The molecule has 1 N–H and O–H groups in total. The van der Waals surface area contributed by atoms with E-state index in [2.05, 4.69) is 5.32 Å². The third kappa shape index (κ3) is 1.09. The molecule has 0 bridgehead atoms. The highest BCUT2D eigenvalue weighted by molar-refractivity contribution is 5.82. The Morgan fingerprint density at radius 2 is 2.07 bits per heavy atom. The third-order valence-corrected chi connectivity index (χ3v) is 2.88. The molecule has 3 nitrogen and oxygen atoms in total. The van der Waals surface area contributed by atoms with Crippen LogP contribution in [0.1, 0.15) is 19.4 Å². The van der Waals surface area contributed by atoms with Crippen molar-refractivity contribution in [3.8, 4) is 0 Å². The molecule has 0 aliphatic carbocycles. The van der Waals surface area contributed by atoms with Gasteiger partial charge in [0.1, 0.15) is 0 Å². The van der Waals surface area contributed by atoms with Crippen LogP contribution in [-0.2, 0) is 10.2 Å². The SMILES string of the molecule is CC1(C)c2ccccc2N[C@H]1C(=O)[O-]. The second-order valence-corrected chi connectivity index (χ2v) is 4.16. The van der Waals surface area contributed by atoms with E-state index in [1.165, 1.54) is 0 Å². The zero-order chi connectivity index (χ0) is 10.3. The van der Waals surface area contributed by atoms with E-state index in [-0.39, 0.29) is 0 Å². The molecular weight excluding hydrogens is 178 g/mol. The highest BCUT2D eigenvalue weighted by Crippen LogP contribution is 2.40. The molecule has 1 aliphatic heterocycles. The summed E-state index contributed by atoms with van der Waals surface area (Å²) in [5.74, 6) is -1.05. The van der Waals surface area contributed by atoms with Crippen LogP contribution in [0.15, 0.2) is 24.3 Å². The Balaban J connectivity index is 2.50. The van der Waals surface area contributed by atoms with Gasteiger partial charge in [-0.3, -0.25) is 0 Å². The van der Waals surface area contributed by atoms with Crippen LogP contribution < -0.4 is 10.4 Å². The summed E-state index contributed by atoms with van der Waals surface area (Å²) in [6.45, 7) is 3.82. The predicted molar refractivity (Wildman–Crippen MR) is 51.9 cm³/mol. The highest BCUT2D eigenvalue weighted by Gasteiger charge is 2.39. The normalized spacial score (nSPS) is 22.6. The summed E-state index contributed by atoms with van der Waals surface area (Å²) < 4.78 is 0. The molecule has 1 heterocycles. The average molecular weight is 190 g/mol. The topological polar surface area (TPSA) is 52.2 Å². The van der Waals surface area contributed by atoms with E-state index in [4.69, 9.17) is 0 Å². The molecule has 2 rings (SSSR count). The lowest BCUT2D eigenvalue weighted by Gasteiger charge is -2.28. The van der Waals surface area contributed by atoms with Gasteiger partial charge in [0, 0.05) is 11.1 Å². The van der Waals surface area contributed by atoms with Crippen LogP contribution in [0.3, 0.4) is 0 Å². The minimum atomic E-state index is -1.05. The van der Waals surface area contributed by atoms with Crippen LogP contribution in [0, 0.1) is 0 Å². The van der Waals surface area contributed by atoms with Crippen molar-refractivity contribution in [1.29, 1.82) is 0 Å². The number of nitrogens with one attached hydrogen (secondary N) is 1. The molecule has 1 aliphatic rings. The van der Waals surface area contributed by atoms with E-state index >= 15 is 0 Å². The first-order chi connectivity index (χ1) is 6.53. The largest absolute Gasteiger partial charge is 0.548 e. The average Bonchev–Trinajstić information content (AvgIpc) is 2.39. The van der Waals surface area contributed by atoms with E-state index in [9.17, 15) is 9.90 Å². The second-order valence-electron chi connectivity index (χ2n) is 4.16. The number of carboxylic acids is 1. The molecule has 1 aromatic rings. The molecule has 1 atom stereocenters. The molecule has 14 heavy (non-hydrogen) atoms. The Morgan fingerprint density at radius 3 is 2.64 bits per heavy atom. The number of benzene rings is 1. The second kappa shape index (κ2) is 2.74. The zero-order valence-electron chi connectivity index (χ0n) is 8.20. The minimum Gasteiger partial charge on any atom is -0.548 e. The van der Waals surface area contributed by atoms with Crippen molar-refractivity contribution in [2.45, 2.75) is 25.3 Å². The Hall–Kier alpha value is -1.51. The molecule has 0 spiro atoms. The molecule has 0 radical (unpaired) electrons. The predicted octanol–water partition coefficient (Wildman–Crippen LogP) is 0.508. The van der Waals surface area contributed by atoms with Crippen LogP contribution in [0.25, 0.3) is 0 Å². The van der Waals surface area contributed by atoms with E-state index < -0.39 is 17.4 Å². The monoisotopic (exact) mass is 190 g/mol. The summed E-state index contributed by atoms with van der Waals surface area (Å²) in [5, 5.41) is 13.9. The number of rotatable bonds is 1. The molecule has 0 aromatic heterocycles. The van der Waals surface area contributed by atoms with Gasteiger partial charge in [0.2, 0.25) is 0 Å². The van der Waals surface area contributed by atoms with Crippen LogP contribution in [-0.4, -0.2) is 12.0 Å². The highest BCUT2D eigenvalue weighted by atomic mass is 16.4. The van der Waals surface area contributed by atoms with Gasteiger partial charge in [-0.15, -0.1) is 0 Å². The summed E-state index contributed by atoms with van der Waals surface area (Å²) in [7, 11) is 0. The van der Waals surface area contributed by atoms with Gasteiger partial charge in [-0.1, -0.05) is 32.0 Å². The first-order valence-corrected chi connectivity index (χ1v) is 4.60. The summed E-state index contributed by atoms with van der Waals surface area (Å²) in [6, 6.07) is 7.00. The minimum absolute atomic E-state index is 0.407. The molecule has 0 fully saturated rings. The molecule has 0 unspecified atom stereocenters. The van der Waals surface area contributed by atoms with Crippen molar-refractivity contribution in [3.63, 3.8) is 0 Å². The van der Waals surface area contributed by atoms with Gasteiger partial charge in [-0.05, 0) is 11.6 Å². The number of carboxylic acid groups (broad SMARTS) is 1. The number of hydrogen-bond donors (Lipinski definition) is 1. The fourth-order valence-corrected chi connectivity index (χ4v) is 2.02. The van der Waals surface area contributed by atoms with Crippen molar-refractivity contribution in [2.24, 2.45) is 0 Å². The van der Waals surface area contributed by atoms with Gasteiger partial charge < -0.3 is 15.2 Å². The number of hydrogen-bond acceptors (Lipinski definition) is 3. The summed E-state index contributed by atoms with van der Waals surface area (Å²) >= 11 is 0. The quantitative estimate of drug-likeness (QED) is 0.702. The summed E-state index contributed by atoms with van der Waals surface area (Å²) in [5.41, 5.74) is 1.52. The van der Waals surface area contributed by atoms with Crippen molar-refractivity contribution in [3.05, 3.63) is 29.8 Å². The zero-order valence-corrected chi connectivity index (χ0v) is 8.20. The molecule has 0 saturated carbocycles. The standard InChI is InChI=1S/C11H13NO2/c1-11(2)7-5-3-4-6-8(7)12-9(11)10(13)14/h3-6,9,12H,1-2H3,(H,13,14)/p-1/t9-/m0/s1. The molecule has 1 aromatic carbocycles. The van der Waals surface area contributed by atoms with E-state index in [0.29, 0.717) is 0 Å². The maximum absolute atomic E-state index is 10.9. The molecular formula is C11H12NO2-. The fourth-order valence-electron chi connectivity index (χ4n) is 2.02. The first kappa shape index (κ1) is 9.06. The summed E-state index contributed by atoms with van der Waals surface area (Å²) in [6.07, 6.45) is 0. The van der Waals surface area contributed by atoms with Crippen LogP contribution in [0.2, 0.25) is 0 Å². The van der Waals surface area contributed by atoms with Crippen molar-refractivity contribution in [1.82, 2.24) is 0 Å². The third-order valence-electron chi connectivity index (χ3n) is 2.88. The lowest BCUT2D eigenvalue weighted by Crippen LogP contribution is -2.48. The Kier molecular flexibility index (Phi) is 1.77. The smallest absolute Gasteiger partial charge is 0.0750 e. The molecule has 0 saturated heterocycles. The van der Waals surface area contributed by atoms with Gasteiger partial charge in [0.05, 0.1) is 12.0 Å². The fraction of sp³-hybridized carbons (Fsp3) is 0.364. The van der Waals surface area contributed by atoms with Crippen LogP contribution >= 0.6 is 0 Å². The van der Waals surface area contributed by atoms with Crippen molar-refractivity contribution in [2.75, 3.05) is 5.32 Å². The van der Waals surface area contributed by atoms with E-state index in [0.717, 1.165) is 11.3 Å². The Morgan fingerprint density at radius 1 is 1.43 bits per heavy atom. The first-order valence-electron chi connectivity index (χ1n) is 4.60. The van der Waals surface area contributed by atoms with Gasteiger partial charge in [0.25, 0.3) is 0 Å². The van der Waals surface area contributed by atoms with Crippen molar-refractivity contribution >= 4 is 11.7 Å². The van der Waals surface area contributed by atoms with E-state index in [1.54, 1.807) is 0 Å². The number of carbonyl (C=O) groups is 1. The lowest BCUT2D eigenvalue weighted by molar-refractivity contribution is -0.307. The van der Waals surface area contributed by atoms with Gasteiger partial charge in [0.15, 0.2) is 0 Å². The Bertz CT molecular complexity index is 385. The number of carbonyl (C=O) groups excluding carboxylic acids is 1. The van der Waals surface area contributed by atoms with Crippen LogP contribution in [0.4, 0.5) is 5.69 Å². The molecule has 0 amide bonds. The number of aliphatic carboxylic acids is 1. The number of anilines is 1. The van der Waals surface area contributed by atoms with Gasteiger partial charge in [-0.25, -0.2) is 0 Å². The van der Waals surface area contributed by atoms with E-state index in [1.807, 2.05) is 38.1 Å². The maximum atomic E-state index is 10.9. The van der Waals surface area contributed by atoms with Gasteiger partial charge >= 0.3 is 0 Å². The molecule has 3 heteroatoms. The summed E-state index contributed by atoms with van der Waals surface area (Å²) in [4.78, 5) is 10.9. The maximum Gasteiger partial charge on any atom is 0.0750 e. The van der Waals surface area contributed by atoms with Crippen molar-refractivity contribution < 1.29 is 9.90 Å². The number of fused-ring (bicyclic) bond motifs is 1. The lowest BCUT2D eigenvalue weighted by atomic mass is 9.81. The molecule has 74 valence electrons. The Labute approximate surface area is 82.8 Å². The van der Waals surface area contributed by atoms with Gasteiger partial charge in [-0.2, -0.15) is 0 Å². The number of para-hydroxylation sites is 1. The van der Waals surface area contributed by atoms with Crippen LogP contribution in [0.5, 0.6) is 0 Å².